The number of hydrogen-bond donors (Lipinski definition) is 5. The molecule has 81 heavy (non-hydrogen) atoms. The van der Waals surface area contributed by atoms with Gasteiger partial charge in [-0.05, 0) is 105 Å². The topological polar surface area (TPSA) is 293 Å². The van der Waals surface area contributed by atoms with Crippen LogP contribution in [0, 0.1) is 18.7 Å². The quantitative estimate of drug-likeness (QED) is 0.0189. The number of likely N-dealkylation sites (tertiary alicyclic amines) is 1. The zero-order chi connectivity index (χ0) is 58.1. The second-order valence-corrected chi connectivity index (χ2v) is 21.8. The number of hydrogen-bond acceptors (Lipinski definition) is 15. The fraction of sp³-hybridized carbons (Fsp3) is 0.517. The van der Waals surface area contributed by atoms with Crippen molar-refractivity contribution in [2.24, 2.45) is 11.7 Å². The average Bonchev–Trinajstić information content (AvgIpc) is 4.08. The zero-order valence-corrected chi connectivity index (χ0v) is 46.3. The molecule has 0 spiro atoms. The van der Waals surface area contributed by atoms with E-state index in [1.54, 1.807) is 51.1 Å². The maximum Gasteiger partial charge on any atom is 0.343 e. The normalized spacial score (nSPS) is 18.6. The number of nitrogens with two attached hydrogens (primary N) is 1. The number of fused-ring (bicyclic) bond motifs is 5. The molecule has 3 aliphatic heterocycles. The summed E-state index contributed by atoms with van der Waals surface area (Å²) >= 11 is 0. The number of halogens is 1. The highest BCUT2D eigenvalue weighted by atomic mass is 19.1. The van der Waals surface area contributed by atoms with E-state index in [9.17, 15) is 53.1 Å². The number of carbonyl (C=O) groups excluding carboxylic acids is 9. The number of aromatic nitrogens is 2. The standard InChI is InChI=1S/C60H72FN7O13/c1-4-60(79)42-28-47-56-40(30-68(47)58(77)41(42)32-81-59(60)78)54-37(17-18-39-35(3)43(61)29-46(66-56)55(39)54)27-38(69)31-80-33-63-50(72)21-19-49(71)45(26-36-13-7-5-8-14-36)65-52(74)22-20-48(70)44(15-10-11-23-62)64-51(73)16-9-6-12-24-67-53(75)25-34(2)57(67)76/h5,7-8,13-14,28-29,34,37,44-45,79H,4,6,9-12,15-27,30-33,62H2,1-3H3,(H,63,72)(H,64,73)(H,65,74)/t34?,37-,44+,45+,60+/m1/s1. The largest absolute Gasteiger partial charge is 0.458 e. The third kappa shape index (κ3) is 13.5. The second-order valence-electron chi connectivity index (χ2n) is 21.8. The summed E-state index contributed by atoms with van der Waals surface area (Å²) in [7, 11) is 0. The molecule has 1 aliphatic carbocycles. The lowest BCUT2D eigenvalue weighted by molar-refractivity contribution is -0.172. The number of benzene rings is 2. The Balaban J connectivity index is 0.822. The highest BCUT2D eigenvalue weighted by Gasteiger charge is 2.46. The van der Waals surface area contributed by atoms with Crippen LogP contribution in [0.2, 0.25) is 0 Å². The fourth-order valence-electron chi connectivity index (χ4n) is 11.6. The summed E-state index contributed by atoms with van der Waals surface area (Å²) in [4.78, 5) is 137. The van der Waals surface area contributed by atoms with Crippen LogP contribution in [-0.4, -0.2) is 111 Å². The SMILES string of the molecule is CC[C@@]1(O)C(=O)OCc2c1cc1n(c2=O)Cc2c-1nc1cc(F)c(C)c3c1c2[C@@H](CC(=O)COCNC(=O)CCC(=O)[C@H](Cc1ccccc1)NC(=O)CCC(=O)[C@H](CCCCN)NC(=O)CCCCCN1C(=O)CC(C)C1=O)CC3. The van der Waals surface area contributed by atoms with Gasteiger partial charge in [-0.2, -0.15) is 0 Å². The Morgan fingerprint density at radius 2 is 1.60 bits per heavy atom. The monoisotopic (exact) mass is 1120 g/mol. The van der Waals surface area contributed by atoms with Gasteiger partial charge in [-0.1, -0.05) is 50.6 Å². The number of Topliss-reactive ketones (excluding diaryl/α,β-unsaturated/α-hetero) is 3. The third-order valence-corrected chi connectivity index (χ3v) is 16.2. The summed E-state index contributed by atoms with van der Waals surface area (Å²) in [5.74, 6) is -4.83. The number of ether oxygens (including phenoxy) is 2. The van der Waals surface area contributed by atoms with Gasteiger partial charge in [0.05, 0.1) is 41.1 Å². The van der Waals surface area contributed by atoms with Gasteiger partial charge in [0.1, 0.15) is 25.8 Å². The van der Waals surface area contributed by atoms with Gasteiger partial charge >= 0.3 is 5.97 Å². The first kappa shape index (κ1) is 59.8. The summed E-state index contributed by atoms with van der Waals surface area (Å²) in [5, 5.41) is 20.3. The number of aliphatic hydroxyl groups is 1. The lowest BCUT2D eigenvalue weighted by Crippen LogP contribution is -2.44. The average molecular weight is 1120 g/mol. The van der Waals surface area contributed by atoms with Crippen LogP contribution in [0.4, 0.5) is 4.39 Å². The number of nitrogens with zero attached hydrogens (tertiary/aromatic N) is 3. The Morgan fingerprint density at radius 1 is 0.889 bits per heavy atom. The number of aryl methyl sites for hydroxylation is 1. The lowest BCUT2D eigenvalue weighted by atomic mass is 9.76. The van der Waals surface area contributed by atoms with Crippen molar-refractivity contribution in [2.45, 2.75) is 167 Å². The molecule has 5 heterocycles. The van der Waals surface area contributed by atoms with E-state index in [0.29, 0.717) is 92.5 Å². The number of ketones is 3. The van der Waals surface area contributed by atoms with Crippen molar-refractivity contribution in [3.8, 4) is 11.4 Å². The maximum atomic E-state index is 15.4. The predicted molar refractivity (Wildman–Crippen MR) is 293 cm³/mol. The molecule has 1 fully saturated rings. The highest BCUT2D eigenvalue weighted by molar-refractivity contribution is 6.03. The smallest absolute Gasteiger partial charge is 0.343 e. The number of carbonyl (C=O) groups is 9. The minimum atomic E-state index is -2.04. The fourth-order valence-corrected chi connectivity index (χ4v) is 11.6. The summed E-state index contributed by atoms with van der Waals surface area (Å²) < 4.78 is 27.8. The summed E-state index contributed by atoms with van der Waals surface area (Å²) in [6.45, 7) is 4.83. The number of unbranched alkanes of at least 4 members (excludes halogenated alkanes) is 3. The van der Waals surface area contributed by atoms with Crippen LogP contribution in [0.5, 0.6) is 0 Å². The molecule has 4 aliphatic rings. The van der Waals surface area contributed by atoms with Crippen molar-refractivity contribution in [1.82, 2.24) is 30.4 Å². The summed E-state index contributed by atoms with van der Waals surface area (Å²) in [5.41, 5.74) is 8.08. The molecule has 0 radical (unpaired) electrons. The van der Waals surface area contributed by atoms with E-state index >= 15 is 4.39 Å². The van der Waals surface area contributed by atoms with Gasteiger partial charge < -0.3 is 40.8 Å². The number of nitrogens with one attached hydrogen (secondary N) is 3. The first-order valence-corrected chi connectivity index (χ1v) is 28.2. The van der Waals surface area contributed by atoms with Crippen LogP contribution in [-0.2, 0) is 84.2 Å². The second kappa shape index (κ2) is 26.5. The minimum Gasteiger partial charge on any atom is -0.458 e. The molecule has 0 saturated carbocycles. The first-order chi connectivity index (χ1) is 38.8. The zero-order valence-electron chi connectivity index (χ0n) is 46.3. The number of rotatable bonds is 29. The predicted octanol–water partition coefficient (Wildman–Crippen LogP) is 4.60. The van der Waals surface area contributed by atoms with Crippen molar-refractivity contribution in [1.29, 1.82) is 0 Å². The Bertz CT molecular complexity index is 3200. The number of cyclic esters (lactones) is 1. The van der Waals surface area contributed by atoms with Gasteiger partial charge in [0.2, 0.25) is 29.5 Å². The van der Waals surface area contributed by atoms with E-state index in [4.69, 9.17) is 20.2 Å². The maximum absolute atomic E-state index is 15.4. The number of esters is 1. The molecule has 2 aromatic carbocycles. The molecule has 0 bridgehead atoms. The summed E-state index contributed by atoms with van der Waals surface area (Å²) in [6.07, 6.45) is 3.62. The molecule has 5 atom stereocenters. The Labute approximate surface area is 468 Å². The lowest BCUT2D eigenvalue weighted by Gasteiger charge is -2.31. The van der Waals surface area contributed by atoms with E-state index in [2.05, 4.69) is 16.0 Å². The van der Waals surface area contributed by atoms with Crippen LogP contribution in [0.3, 0.4) is 0 Å². The minimum absolute atomic E-state index is 0.0230. The van der Waals surface area contributed by atoms with Crippen LogP contribution in [0.15, 0.2) is 47.3 Å². The van der Waals surface area contributed by atoms with E-state index in [0.717, 1.165) is 22.1 Å². The molecule has 2 aromatic heterocycles. The van der Waals surface area contributed by atoms with Crippen molar-refractivity contribution >= 4 is 63.8 Å². The van der Waals surface area contributed by atoms with Crippen molar-refractivity contribution < 1.29 is 62.1 Å². The molecule has 20 nitrogen and oxygen atoms in total. The van der Waals surface area contributed by atoms with Crippen LogP contribution in [0.1, 0.15) is 155 Å². The Kier molecular flexibility index (Phi) is 19.5. The Morgan fingerprint density at radius 3 is 2.32 bits per heavy atom. The van der Waals surface area contributed by atoms with Gasteiger partial charge in [0.25, 0.3) is 5.56 Å². The molecule has 1 saturated heterocycles. The van der Waals surface area contributed by atoms with E-state index in [1.165, 1.54) is 15.5 Å². The molecule has 5 amide bonds. The van der Waals surface area contributed by atoms with Crippen molar-refractivity contribution in [3.05, 3.63) is 97.6 Å². The highest BCUT2D eigenvalue weighted by Crippen LogP contribution is 2.47. The third-order valence-electron chi connectivity index (χ3n) is 16.2. The van der Waals surface area contributed by atoms with E-state index < -0.39 is 52.6 Å². The molecule has 4 aromatic rings. The number of amides is 5. The first-order valence-electron chi connectivity index (χ1n) is 28.2. The molecular formula is C60H72FN7O13. The van der Waals surface area contributed by atoms with Gasteiger partial charge in [-0.3, -0.25) is 48.1 Å². The van der Waals surface area contributed by atoms with Gasteiger partial charge in [-0.15, -0.1) is 0 Å². The van der Waals surface area contributed by atoms with Crippen LogP contribution < -0.4 is 27.2 Å². The number of imide groups is 1. The van der Waals surface area contributed by atoms with E-state index in [-0.39, 0.29) is 137 Å². The molecule has 21 heteroatoms. The molecule has 432 valence electrons. The molecule has 6 N–H and O–H groups in total. The molecule has 1 unspecified atom stereocenters. The van der Waals surface area contributed by atoms with E-state index in [1.807, 2.05) is 6.07 Å². The molecule has 8 rings (SSSR count). The van der Waals surface area contributed by atoms with Crippen LogP contribution in [0.25, 0.3) is 22.3 Å². The van der Waals surface area contributed by atoms with Crippen molar-refractivity contribution in [2.75, 3.05) is 26.4 Å². The van der Waals surface area contributed by atoms with Crippen molar-refractivity contribution in [3.63, 3.8) is 0 Å². The summed E-state index contributed by atoms with van der Waals surface area (Å²) in [6, 6.07) is 10.1. The molecular weight excluding hydrogens is 1050 g/mol. The number of pyridine rings is 2. The van der Waals surface area contributed by atoms with Gasteiger partial charge in [0.15, 0.2) is 23.0 Å². The Hall–Kier alpha value is -7.36. The van der Waals surface area contributed by atoms with Crippen LogP contribution >= 0.6 is 0 Å². The van der Waals surface area contributed by atoms with Gasteiger partial charge in [0, 0.05) is 80.0 Å². The van der Waals surface area contributed by atoms with Gasteiger partial charge in [-0.25, -0.2) is 14.2 Å².